The largest absolute Gasteiger partial charge is 0.353 e. The fraction of sp³-hybridized carbons (Fsp3) is 0.286. The first-order valence-corrected chi connectivity index (χ1v) is 9.04. The molecule has 0 unspecified atom stereocenters. The van der Waals surface area contributed by atoms with Crippen molar-refractivity contribution in [2.45, 2.75) is 19.4 Å². The Morgan fingerprint density at radius 3 is 2.73 bits per heavy atom. The van der Waals surface area contributed by atoms with Crippen molar-refractivity contribution in [1.82, 2.24) is 15.3 Å². The molecule has 0 radical (unpaired) electrons. The second kappa shape index (κ2) is 7.11. The van der Waals surface area contributed by atoms with Gasteiger partial charge in [-0.25, -0.2) is 9.97 Å². The van der Waals surface area contributed by atoms with Crippen LogP contribution in [0.4, 0.5) is 5.82 Å². The predicted molar refractivity (Wildman–Crippen MR) is 104 cm³/mol. The minimum absolute atomic E-state index is 0.478. The second-order valence-corrected chi connectivity index (χ2v) is 6.57. The molecule has 1 aromatic heterocycles. The Kier molecular flexibility index (Phi) is 4.51. The van der Waals surface area contributed by atoms with Gasteiger partial charge in [0.05, 0.1) is 22.7 Å². The first-order valence-electron chi connectivity index (χ1n) is 9.04. The molecule has 2 heterocycles. The summed E-state index contributed by atoms with van der Waals surface area (Å²) in [7, 11) is 0. The highest BCUT2D eigenvalue weighted by Gasteiger charge is 2.26. The van der Waals surface area contributed by atoms with Crippen LogP contribution in [0.25, 0.3) is 22.3 Å². The Morgan fingerprint density at radius 2 is 1.96 bits per heavy atom. The number of nitriles is 1. The number of aromatic nitrogens is 2. The number of nitrogens with one attached hydrogen (secondary N) is 1. The van der Waals surface area contributed by atoms with Crippen molar-refractivity contribution in [3.63, 3.8) is 0 Å². The molecule has 0 amide bonds. The predicted octanol–water partition coefficient (Wildman–Crippen LogP) is 3.36. The molecule has 3 aromatic rings. The fourth-order valence-electron chi connectivity index (χ4n) is 3.55. The Labute approximate surface area is 153 Å². The molecule has 1 atom stereocenters. The molecular weight excluding hydrogens is 322 g/mol. The molecule has 0 spiro atoms. The number of likely N-dealkylation sites (N-methyl/N-ethyl adjacent to an activating group) is 1. The minimum Gasteiger partial charge on any atom is -0.353 e. The van der Waals surface area contributed by atoms with Gasteiger partial charge >= 0.3 is 0 Å². The van der Waals surface area contributed by atoms with E-state index in [-0.39, 0.29) is 0 Å². The summed E-state index contributed by atoms with van der Waals surface area (Å²) in [6.45, 7) is 4.98. The monoisotopic (exact) mass is 343 g/mol. The number of anilines is 1. The van der Waals surface area contributed by atoms with Crippen molar-refractivity contribution in [1.29, 1.82) is 5.26 Å². The van der Waals surface area contributed by atoms with Gasteiger partial charge in [-0.2, -0.15) is 5.26 Å². The summed E-state index contributed by atoms with van der Waals surface area (Å²) in [6, 6.07) is 18.2. The highest BCUT2D eigenvalue weighted by molar-refractivity contribution is 5.84. The van der Waals surface area contributed by atoms with Crippen molar-refractivity contribution < 1.29 is 0 Å². The minimum atomic E-state index is 0.478. The van der Waals surface area contributed by atoms with Crippen LogP contribution in [0.3, 0.4) is 0 Å². The first kappa shape index (κ1) is 16.5. The van der Waals surface area contributed by atoms with Gasteiger partial charge in [-0.05, 0) is 37.2 Å². The molecule has 5 heteroatoms. The van der Waals surface area contributed by atoms with E-state index in [2.05, 4.69) is 23.2 Å². The van der Waals surface area contributed by atoms with Crippen LogP contribution < -0.4 is 10.2 Å². The molecule has 5 nitrogen and oxygen atoms in total. The van der Waals surface area contributed by atoms with E-state index in [0.29, 0.717) is 11.6 Å². The maximum Gasteiger partial charge on any atom is 0.156 e. The summed E-state index contributed by atoms with van der Waals surface area (Å²) in [4.78, 5) is 12.1. The summed E-state index contributed by atoms with van der Waals surface area (Å²) in [5.74, 6) is 0.902. The van der Waals surface area contributed by atoms with Crippen LogP contribution in [-0.4, -0.2) is 35.6 Å². The molecule has 0 bridgehead atoms. The SMILES string of the molecule is CCN[C@H]1CCN(c2nc3ccccc3nc2-c2cccc(C#N)c2)C1. The van der Waals surface area contributed by atoms with E-state index in [1.165, 1.54) is 0 Å². The van der Waals surface area contributed by atoms with Crippen LogP contribution >= 0.6 is 0 Å². The summed E-state index contributed by atoms with van der Waals surface area (Å²) in [5.41, 5.74) is 4.18. The van der Waals surface area contributed by atoms with Crippen LogP contribution in [0.2, 0.25) is 0 Å². The normalized spacial score (nSPS) is 16.8. The van der Waals surface area contributed by atoms with Crippen molar-refractivity contribution in [3.8, 4) is 17.3 Å². The van der Waals surface area contributed by atoms with E-state index in [1.807, 2.05) is 48.5 Å². The van der Waals surface area contributed by atoms with Crippen LogP contribution in [0.15, 0.2) is 48.5 Å². The average molecular weight is 343 g/mol. The van der Waals surface area contributed by atoms with Gasteiger partial charge in [0.25, 0.3) is 0 Å². The van der Waals surface area contributed by atoms with Gasteiger partial charge in [0.1, 0.15) is 5.69 Å². The van der Waals surface area contributed by atoms with Crippen molar-refractivity contribution in [2.75, 3.05) is 24.5 Å². The third kappa shape index (κ3) is 3.12. The number of hydrogen-bond acceptors (Lipinski definition) is 5. The number of fused-ring (bicyclic) bond motifs is 1. The summed E-state index contributed by atoms with van der Waals surface area (Å²) >= 11 is 0. The van der Waals surface area contributed by atoms with Crippen molar-refractivity contribution in [3.05, 3.63) is 54.1 Å². The van der Waals surface area contributed by atoms with E-state index >= 15 is 0 Å². The van der Waals surface area contributed by atoms with E-state index in [4.69, 9.17) is 9.97 Å². The van der Waals surface area contributed by atoms with Gasteiger partial charge in [-0.3, -0.25) is 0 Å². The maximum atomic E-state index is 9.25. The lowest BCUT2D eigenvalue weighted by atomic mass is 10.1. The lowest BCUT2D eigenvalue weighted by Gasteiger charge is -2.21. The van der Waals surface area contributed by atoms with Crippen LogP contribution in [-0.2, 0) is 0 Å². The van der Waals surface area contributed by atoms with E-state index in [0.717, 1.165) is 54.2 Å². The smallest absolute Gasteiger partial charge is 0.156 e. The number of benzene rings is 2. The maximum absolute atomic E-state index is 9.25. The number of nitrogens with zero attached hydrogens (tertiary/aromatic N) is 4. The molecule has 1 aliphatic heterocycles. The van der Waals surface area contributed by atoms with E-state index in [9.17, 15) is 5.26 Å². The lowest BCUT2D eigenvalue weighted by Crippen LogP contribution is -2.32. The van der Waals surface area contributed by atoms with Gasteiger partial charge in [0.2, 0.25) is 0 Å². The molecular formula is C21H21N5. The zero-order valence-electron chi connectivity index (χ0n) is 14.8. The fourth-order valence-corrected chi connectivity index (χ4v) is 3.55. The Bertz CT molecular complexity index is 976. The quantitative estimate of drug-likeness (QED) is 0.787. The van der Waals surface area contributed by atoms with Crippen LogP contribution in [0.1, 0.15) is 18.9 Å². The number of rotatable bonds is 4. The average Bonchev–Trinajstić information content (AvgIpc) is 3.16. The Hall–Kier alpha value is -2.97. The third-order valence-corrected chi connectivity index (χ3v) is 4.80. The molecule has 0 aliphatic carbocycles. The summed E-state index contributed by atoms with van der Waals surface area (Å²) < 4.78 is 0. The topological polar surface area (TPSA) is 64.8 Å². The lowest BCUT2D eigenvalue weighted by molar-refractivity contribution is 0.571. The molecule has 2 aromatic carbocycles. The highest BCUT2D eigenvalue weighted by atomic mass is 15.2. The highest BCUT2D eigenvalue weighted by Crippen LogP contribution is 2.32. The van der Waals surface area contributed by atoms with Gasteiger partial charge < -0.3 is 10.2 Å². The van der Waals surface area contributed by atoms with Crippen LogP contribution in [0, 0.1) is 11.3 Å². The van der Waals surface area contributed by atoms with Crippen LogP contribution in [0.5, 0.6) is 0 Å². The molecule has 130 valence electrons. The molecule has 1 saturated heterocycles. The van der Waals surface area contributed by atoms with Gasteiger partial charge in [-0.1, -0.05) is 31.2 Å². The van der Waals surface area contributed by atoms with E-state index in [1.54, 1.807) is 0 Å². The molecule has 0 saturated carbocycles. The van der Waals surface area contributed by atoms with Gasteiger partial charge in [0.15, 0.2) is 5.82 Å². The van der Waals surface area contributed by atoms with Crippen molar-refractivity contribution >= 4 is 16.9 Å². The molecule has 4 rings (SSSR count). The number of para-hydroxylation sites is 2. The third-order valence-electron chi connectivity index (χ3n) is 4.80. The molecule has 26 heavy (non-hydrogen) atoms. The summed E-state index contributed by atoms with van der Waals surface area (Å²) in [6.07, 6.45) is 1.10. The Morgan fingerprint density at radius 1 is 1.15 bits per heavy atom. The van der Waals surface area contributed by atoms with Gasteiger partial charge in [-0.15, -0.1) is 0 Å². The zero-order valence-corrected chi connectivity index (χ0v) is 14.8. The second-order valence-electron chi connectivity index (χ2n) is 6.57. The molecule has 1 fully saturated rings. The first-order chi connectivity index (χ1) is 12.8. The number of hydrogen-bond donors (Lipinski definition) is 1. The van der Waals surface area contributed by atoms with E-state index < -0.39 is 0 Å². The van der Waals surface area contributed by atoms with Crippen molar-refractivity contribution in [2.24, 2.45) is 0 Å². The zero-order chi connectivity index (χ0) is 17.9. The van der Waals surface area contributed by atoms with Gasteiger partial charge in [0, 0.05) is 24.7 Å². The molecule has 1 aliphatic rings. The standard InChI is InChI=1S/C21H21N5/c1-2-23-17-10-11-26(14-17)21-20(16-7-5-6-15(12-16)13-22)24-18-8-3-4-9-19(18)25-21/h3-9,12,17,23H,2,10-11,14H2,1H3/t17-/m0/s1. The Balaban J connectivity index is 1.83. The molecule has 1 N–H and O–H groups in total. The summed E-state index contributed by atoms with van der Waals surface area (Å²) in [5, 5.41) is 12.8.